The van der Waals surface area contributed by atoms with Gasteiger partial charge in [-0.3, -0.25) is 0 Å². The molecule has 1 aliphatic carbocycles. The number of para-hydroxylation sites is 1. The van der Waals surface area contributed by atoms with Crippen molar-refractivity contribution in [3.63, 3.8) is 0 Å². The molecule has 0 radical (unpaired) electrons. The lowest BCUT2D eigenvalue weighted by Crippen LogP contribution is -2.43. The van der Waals surface area contributed by atoms with Gasteiger partial charge in [0.1, 0.15) is 11.2 Å². The van der Waals surface area contributed by atoms with Crippen LogP contribution in [0.25, 0.3) is 55.0 Å². The average Bonchev–Trinajstić information content (AvgIpc) is 3.74. The molecule has 1 atom stereocenters. The van der Waals surface area contributed by atoms with Gasteiger partial charge in [0.15, 0.2) is 0 Å². The molecule has 1 aliphatic heterocycles. The average molecular weight is 850 g/mol. The number of hydrogen-bond acceptors (Lipinski definition) is 3. The van der Waals surface area contributed by atoms with Gasteiger partial charge in [0.25, 0.3) is 0 Å². The topological polar surface area (TPSA) is 16.4 Å². The summed E-state index contributed by atoms with van der Waals surface area (Å²) in [4.78, 5) is 5.00. The third-order valence-electron chi connectivity index (χ3n) is 14.2. The van der Waals surface area contributed by atoms with E-state index in [9.17, 15) is 0 Å². The summed E-state index contributed by atoms with van der Waals surface area (Å²) in [5, 5.41) is 4.82. The molecule has 0 saturated carbocycles. The van der Waals surface area contributed by atoms with E-state index in [0.717, 1.165) is 39.0 Å². The number of benzene rings is 10. The maximum Gasteiger partial charge on any atom is 0.137 e. The summed E-state index contributed by atoms with van der Waals surface area (Å²) in [6.45, 7) is 4.85. The Morgan fingerprint density at radius 1 is 0.400 bits per heavy atom. The molecule has 13 rings (SSSR count). The molecule has 1 spiro atoms. The summed E-state index contributed by atoms with van der Waals surface area (Å²) in [7, 11) is 0. The van der Waals surface area contributed by atoms with Gasteiger partial charge in [-0.2, -0.15) is 0 Å². The van der Waals surface area contributed by atoms with Crippen molar-refractivity contribution >= 4 is 61.5 Å². The van der Waals surface area contributed by atoms with E-state index in [2.05, 4.69) is 231 Å². The van der Waals surface area contributed by atoms with Crippen molar-refractivity contribution in [3.8, 4) is 22.3 Å². The minimum Gasteiger partial charge on any atom is -0.456 e. The second-order valence-electron chi connectivity index (χ2n) is 18.0. The van der Waals surface area contributed by atoms with Crippen molar-refractivity contribution in [2.75, 3.05) is 4.90 Å². The van der Waals surface area contributed by atoms with Crippen LogP contribution in [0.3, 0.4) is 0 Å². The third-order valence-corrected chi connectivity index (χ3v) is 15.4. The molecule has 2 nitrogen and oxygen atoms in total. The smallest absolute Gasteiger partial charge is 0.137 e. The van der Waals surface area contributed by atoms with Crippen molar-refractivity contribution in [3.05, 3.63) is 258 Å². The zero-order chi connectivity index (χ0) is 43.3. The first-order valence-corrected chi connectivity index (χ1v) is 23.3. The highest BCUT2D eigenvalue weighted by atomic mass is 32.2. The van der Waals surface area contributed by atoms with Crippen molar-refractivity contribution in [2.24, 2.45) is 0 Å². The molecule has 1 aromatic heterocycles. The normalized spacial score (nSPS) is 15.7. The van der Waals surface area contributed by atoms with Crippen molar-refractivity contribution in [1.29, 1.82) is 0 Å². The van der Waals surface area contributed by atoms with Gasteiger partial charge >= 0.3 is 0 Å². The van der Waals surface area contributed by atoms with Crippen LogP contribution in [-0.4, -0.2) is 0 Å². The fourth-order valence-electron chi connectivity index (χ4n) is 11.3. The van der Waals surface area contributed by atoms with Gasteiger partial charge in [-0.15, -0.1) is 0 Å². The van der Waals surface area contributed by atoms with Crippen LogP contribution in [0.2, 0.25) is 0 Å². The zero-order valence-corrected chi connectivity index (χ0v) is 36.9. The summed E-state index contributed by atoms with van der Waals surface area (Å²) < 4.78 is 6.45. The lowest BCUT2D eigenvalue weighted by molar-refractivity contribution is 0.551. The van der Waals surface area contributed by atoms with E-state index >= 15 is 0 Å². The summed E-state index contributed by atoms with van der Waals surface area (Å²) in [6.07, 6.45) is 0. The fraction of sp³-hybridized carbons (Fsp3) is 0.0645. The molecule has 3 heteroatoms. The first-order chi connectivity index (χ1) is 32.0. The monoisotopic (exact) mass is 849 g/mol. The number of nitrogens with zero attached hydrogens (tertiary/aromatic N) is 1. The van der Waals surface area contributed by atoms with Crippen molar-refractivity contribution in [2.45, 2.75) is 34.5 Å². The summed E-state index contributed by atoms with van der Waals surface area (Å²) >= 11 is 1.92. The molecule has 0 N–H and O–H groups in total. The van der Waals surface area contributed by atoms with Crippen LogP contribution in [0.5, 0.6) is 0 Å². The van der Waals surface area contributed by atoms with Crippen LogP contribution in [-0.2, 0) is 10.8 Å². The van der Waals surface area contributed by atoms with Gasteiger partial charge in [-0.1, -0.05) is 195 Å². The minimum absolute atomic E-state index is 0.294. The fourth-order valence-corrected chi connectivity index (χ4v) is 12.6. The summed E-state index contributed by atoms with van der Waals surface area (Å²) in [5.74, 6) is 0. The first kappa shape index (κ1) is 37.9. The molecule has 0 fully saturated rings. The molecule has 2 aliphatic rings. The Bertz CT molecular complexity index is 3660. The molecular weight excluding hydrogens is 807 g/mol. The number of fused-ring (bicyclic) bond motifs is 13. The van der Waals surface area contributed by atoms with E-state index in [0.29, 0.717) is 0 Å². The highest BCUT2D eigenvalue weighted by molar-refractivity contribution is 7.99. The SMILES string of the molecule is CC1(C)c2ccccc2C2(c3ccccc3Sc3c2ccc2ccccc32)c2cccc(-c3ccc(N(c4ccc(-c5ccccc5)cc4)c4ccc5c(c4)oc4ccccc45)cc3)c21. The predicted octanol–water partition coefficient (Wildman–Crippen LogP) is 17.0. The standard InChI is InChI=1S/C62H43NOS/c1-61(2)51-21-9-10-22-52(51)62(53-23-11-13-26-58(53)65-60-48-18-7-6-17-42(48)31-38-55(60)62)54-24-14-20-47(59(54)61)43-29-34-45(35-30-43)63(44-32-27-41(28-33-44)40-15-4-3-5-16-40)46-36-37-50-49-19-8-12-25-56(49)64-57(50)39-46/h3-39H,1-2H3. The third kappa shape index (κ3) is 5.62. The molecule has 0 saturated heterocycles. The van der Waals surface area contributed by atoms with E-state index in [4.69, 9.17) is 4.42 Å². The lowest BCUT2D eigenvalue weighted by Gasteiger charge is -2.51. The van der Waals surface area contributed by atoms with E-state index in [1.54, 1.807) is 0 Å². The molecule has 65 heavy (non-hydrogen) atoms. The van der Waals surface area contributed by atoms with Gasteiger partial charge in [0.2, 0.25) is 0 Å². The lowest BCUT2D eigenvalue weighted by atomic mass is 9.53. The Morgan fingerprint density at radius 2 is 1.00 bits per heavy atom. The van der Waals surface area contributed by atoms with Crippen molar-refractivity contribution < 1.29 is 4.42 Å². The molecule has 2 heterocycles. The number of anilines is 3. The van der Waals surface area contributed by atoms with Crippen LogP contribution in [0.4, 0.5) is 17.1 Å². The van der Waals surface area contributed by atoms with Crippen molar-refractivity contribution in [1.82, 2.24) is 0 Å². The highest BCUT2D eigenvalue weighted by Gasteiger charge is 2.53. The Labute approximate surface area is 383 Å². The second-order valence-corrected chi connectivity index (χ2v) is 19.0. The molecular formula is C62H43NOS. The number of furan rings is 1. The Hall–Kier alpha value is -7.59. The molecule has 1 unspecified atom stereocenters. The maximum absolute atomic E-state index is 6.45. The van der Waals surface area contributed by atoms with Gasteiger partial charge in [-0.25, -0.2) is 0 Å². The maximum atomic E-state index is 6.45. The van der Waals surface area contributed by atoms with Crippen LogP contribution in [0, 0.1) is 0 Å². The van der Waals surface area contributed by atoms with Crippen LogP contribution >= 0.6 is 11.8 Å². The van der Waals surface area contributed by atoms with E-state index in [-0.39, 0.29) is 5.41 Å². The quantitative estimate of drug-likeness (QED) is 0.172. The number of hydrogen-bond donors (Lipinski definition) is 0. The number of rotatable bonds is 5. The zero-order valence-electron chi connectivity index (χ0n) is 36.1. The Kier molecular flexibility index (Phi) is 8.44. The van der Waals surface area contributed by atoms with Crippen LogP contribution in [0.1, 0.15) is 47.2 Å². The summed E-state index contributed by atoms with van der Waals surface area (Å²) in [6, 6.07) is 82.7. The van der Waals surface area contributed by atoms with E-state index < -0.39 is 5.41 Å². The van der Waals surface area contributed by atoms with Gasteiger partial charge in [0.05, 0.1) is 5.41 Å². The predicted molar refractivity (Wildman–Crippen MR) is 271 cm³/mol. The van der Waals surface area contributed by atoms with E-state index in [1.807, 2.05) is 23.9 Å². The van der Waals surface area contributed by atoms with Gasteiger partial charge in [-0.05, 0) is 115 Å². The summed E-state index contributed by atoms with van der Waals surface area (Å²) in [5.41, 5.74) is 17.1. The van der Waals surface area contributed by atoms with Gasteiger partial charge < -0.3 is 9.32 Å². The molecule has 0 bridgehead atoms. The minimum atomic E-state index is -0.517. The van der Waals surface area contributed by atoms with Gasteiger partial charge in [0, 0.05) is 49.1 Å². The molecule has 11 aromatic rings. The molecule has 10 aromatic carbocycles. The molecule has 308 valence electrons. The largest absolute Gasteiger partial charge is 0.456 e. The second kappa shape index (κ2) is 14.5. The highest BCUT2D eigenvalue weighted by Crippen LogP contribution is 2.63. The van der Waals surface area contributed by atoms with Crippen LogP contribution < -0.4 is 4.90 Å². The molecule has 0 amide bonds. The first-order valence-electron chi connectivity index (χ1n) is 22.5. The Morgan fingerprint density at radius 3 is 1.80 bits per heavy atom. The van der Waals surface area contributed by atoms with Crippen LogP contribution in [0.15, 0.2) is 239 Å². The van der Waals surface area contributed by atoms with E-state index in [1.165, 1.54) is 76.2 Å². The Balaban J connectivity index is 0.997.